The van der Waals surface area contributed by atoms with Crippen molar-refractivity contribution < 1.29 is 19.4 Å². The number of benzene rings is 1. The molecule has 17 heavy (non-hydrogen) atoms. The van der Waals surface area contributed by atoms with Crippen molar-refractivity contribution in [2.24, 2.45) is 10.9 Å². The maximum Gasteiger partial charge on any atom is 0.341 e. The van der Waals surface area contributed by atoms with Gasteiger partial charge in [-0.15, -0.1) is 0 Å². The van der Waals surface area contributed by atoms with Gasteiger partial charge in [-0.25, -0.2) is 4.79 Å². The average Bonchev–Trinajstić information content (AvgIpc) is 2.34. The summed E-state index contributed by atoms with van der Waals surface area (Å²) in [6, 6.07) is 5.03. The van der Waals surface area contributed by atoms with Gasteiger partial charge in [-0.05, 0) is 25.1 Å². The molecule has 0 radical (unpaired) electrons. The summed E-state index contributed by atoms with van der Waals surface area (Å²) in [6.07, 6.45) is 0. The molecule has 0 aromatic heterocycles. The monoisotopic (exact) mass is 238 g/mol. The fourth-order valence-electron chi connectivity index (χ4n) is 1.23. The van der Waals surface area contributed by atoms with Crippen LogP contribution in [0.2, 0.25) is 0 Å². The first-order chi connectivity index (χ1) is 8.08. The molecular formula is C11H14N2O4. The Labute approximate surface area is 98.6 Å². The Morgan fingerprint density at radius 3 is 2.71 bits per heavy atom. The van der Waals surface area contributed by atoms with E-state index in [1.165, 1.54) is 7.11 Å². The number of nitrogens with two attached hydrogens (primary N) is 1. The molecule has 0 unspecified atom stereocenters. The zero-order chi connectivity index (χ0) is 12.8. The molecule has 0 spiro atoms. The summed E-state index contributed by atoms with van der Waals surface area (Å²) in [7, 11) is 1.47. The van der Waals surface area contributed by atoms with Gasteiger partial charge in [0.25, 0.3) is 0 Å². The van der Waals surface area contributed by atoms with Crippen molar-refractivity contribution in [2.75, 3.05) is 13.7 Å². The van der Waals surface area contributed by atoms with Crippen molar-refractivity contribution in [1.29, 1.82) is 0 Å². The number of carboxylic acids is 1. The maximum atomic E-state index is 10.4. The fraction of sp³-hybridized carbons (Fsp3) is 0.273. The normalized spacial score (nSPS) is 11.1. The third kappa shape index (κ3) is 3.37. The molecule has 0 bridgehead atoms. The lowest BCUT2D eigenvalue weighted by molar-refractivity contribution is -0.139. The molecule has 0 fully saturated rings. The Hall–Kier alpha value is -2.24. The zero-order valence-electron chi connectivity index (χ0n) is 9.64. The minimum absolute atomic E-state index is 0.364. The van der Waals surface area contributed by atoms with Crippen LogP contribution in [0.1, 0.15) is 12.5 Å². The SMILES string of the molecule is COc1cc(/C(C)=N\N)ccc1OCC(=O)O. The summed E-state index contributed by atoms with van der Waals surface area (Å²) in [5, 5.41) is 12.1. The molecule has 0 heterocycles. The van der Waals surface area contributed by atoms with Gasteiger partial charge in [-0.2, -0.15) is 5.10 Å². The highest BCUT2D eigenvalue weighted by molar-refractivity contribution is 5.99. The minimum atomic E-state index is -1.05. The van der Waals surface area contributed by atoms with Crippen LogP contribution < -0.4 is 15.3 Å². The molecule has 1 aromatic carbocycles. The van der Waals surface area contributed by atoms with Gasteiger partial charge in [0, 0.05) is 5.56 Å². The molecule has 0 amide bonds. The van der Waals surface area contributed by atoms with E-state index in [4.69, 9.17) is 20.4 Å². The van der Waals surface area contributed by atoms with E-state index in [2.05, 4.69) is 5.10 Å². The van der Waals surface area contributed by atoms with Gasteiger partial charge in [0.1, 0.15) is 0 Å². The fourth-order valence-corrected chi connectivity index (χ4v) is 1.23. The second-order valence-electron chi connectivity index (χ2n) is 3.26. The van der Waals surface area contributed by atoms with Crippen LogP contribution >= 0.6 is 0 Å². The number of hydrogen-bond donors (Lipinski definition) is 2. The van der Waals surface area contributed by atoms with Gasteiger partial charge in [0.2, 0.25) is 0 Å². The summed E-state index contributed by atoms with van der Waals surface area (Å²) in [5.41, 5.74) is 1.43. The van der Waals surface area contributed by atoms with Crippen LogP contribution in [-0.2, 0) is 4.79 Å². The molecule has 0 aliphatic rings. The number of rotatable bonds is 5. The van der Waals surface area contributed by atoms with Gasteiger partial charge in [-0.3, -0.25) is 0 Å². The first-order valence-corrected chi connectivity index (χ1v) is 4.86. The lowest BCUT2D eigenvalue weighted by atomic mass is 10.1. The molecule has 0 saturated heterocycles. The number of aliphatic carboxylic acids is 1. The molecule has 0 atom stereocenters. The Morgan fingerprint density at radius 1 is 1.47 bits per heavy atom. The maximum absolute atomic E-state index is 10.4. The van der Waals surface area contributed by atoms with Gasteiger partial charge in [0.05, 0.1) is 12.8 Å². The highest BCUT2D eigenvalue weighted by Gasteiger charge is 2.08. The van der Waals surface area contributed by atoms with Crippen LogP contribution in [0.3, 0.4) is 0 Å². The Balaban J connectivity index is 2.97. The van der Waals surface area contributed by atoms with Gasteiger partial charge in [0.15, 0.2) is 18.1 Å². The third-order valence-corrected chi connectivity index (χ3v) is 2.13. The van der Waals surface area contributed by atoms with E-state index in [1.54, 1.807) is 25.1 Å². The lowest BCUT2D eigenvalue weighted by Gasteiger charge is -2.10. The molecular weight excluding hydrogens is 224 g/mol. The molecule has 0 aliphatic heterocycles. The number of methoxy groups -OCH3 is 1. The van der Waals surface area contributed by atoms with Crippen LogP contribution in [-0.4, -0.2) is 30.5 Å². The van der Waals surface area contributed by atoms with E-state index in [1.807, 2.05) is 0 Å². The predicted molar refractivity (Wildman–Crippen MR) is 62.5 cm³/mol. The molecule has 6 nitrogen and oxygen atoms in total. The van der Waals surface area contributed by atoms with E-state index in [-0.39, 0.29) is 0 Å². The summed E-state index contributed by atoms with van der Waals surface area (Å²) in [4.78, 5) is 10.4. The highest BCUT2D eigenvalue weighted by Crippen LogP contribution is 2.28. The summed E-state index contributed by atoms with van der Waals surface area (Å²) in [6.45, 7) is 1.34. The molecule has 6 heteroatoms. The van der Waals surface area contributed by atoms with Crippen molar-refractivity contribution in [3.8, 4) is 11.5 Å². The minimum Gasteiger partial charge on any atom is -0.493 e. The summed E-state index contributed by atoms with van der Waals surface area (Å²) < 4.78 is 10.2. The summed E-state index contributed by atoms with van der Waals surface area (Å²) in [5.74, 6) is 4.93. The van der Waals surface area contributed by atoms with Crippen molar-refractivity contribution in [1.82, 2.24) is 0 Å². The number of ether oxygens (including phenoxy) is 2. The molecule has 92 valence electrons. The number of hydrazone groups is 1. The third-order valence-electron chi connectivity index (χ3n) is 2.13. The summed E-state index contributed by atoms with van der Waals surface area (Å²) >= 11 is 0. The van der Waals surface area contributed by atoms with E-state index in [0.29, 0.717) is 17.2 Å². The van der Waals surface area contributed by atoms with Crippen LogP contribution in [0.25, 0.3) is 0 Å². The van der Waals surface area contributed by atoms with Crippen molar-refractivity contribution in [3.63, 3.8) is 0 Å². The van der Waals surface area contributed by atoms with Crippen molar-refractivity contribution in [2.45, 2.75) is 6.92 Å². The first-order valence-electron chi connectivity index (χ1n) is 4.86. The topological polar surface area (TPSA) is 94.1 Å². The Morgan fingerprint density at radius 2 is 2.18 bits per heavy atom. The van der Waals surface area contributed by atoms with E-state index in [0.717, 1.165) is 5.56 Å². The van der Waals surface area contributed by atoms with Crippen molar-refractivity contribution in [3.05, 3.63) is 23.8 Å². The molecule has 3 N–H and O–H groups in total. The predicted octanol–water partition coefficient (Wildman–Crippen LogP) is 0.841. The van der Waals surface area contributed by atoms with Gasteiger partial charge < -0.3 is 20.4 Å². The standard InChI is InChI=1S/C11H14N2O4/c1-7(13-12)8-3-4-9(10(5-8)16-2)17-6-11(14)15/h3-5H,6,12H2,1-2H3,(H,14,15)/b13-7-. The first kappa shape index (κ1) is 12.8. The van der Waals surface area contributed by atoms with Crippen molar-refractivity contribution >= 4 is 11.7 Å². The number of hydrogen-bond acceptors (Lipinski definition) is 5. The van der Waals surface area contributed by atoms with Crippen LogP contribution in [0.15, 0.2) is 23.3 Å². The number of carboxylic acid groups (broad SMARTS) is 1. The van der Waals surface area contributed by atoms with E-state index >= 15 is 0 Å². The second-order valence-corrected chi connectivity index (χ2v) is 3.26. The van der Waals surface area contributed by atoms with Crippen LogP contribution in [0.4, 0.5) is 0 Å². The van der Waals surface area contributed by atoms with E-state index < -0.39 is 12.6 Å². The lowest BCUT2D eigenvalue weighted by Crippen LogP contribution is -2.10. The molecule has 1 rings (SSSR count). The molecule has 1 aromatic rings. The molecule has 0 aliphatic carbocycles. The van der Waals surface area contributed by atoms with Gasteiger partial charge in [-0.1, -0.05) is 0 Å². The average molecular weight is 238 g/mol. The second kappa shape index (κ2) is 5.74. The molecule has 0 saturated carbocycles. The van der Waals surface area contributed by atoms with Crippen LogP contribution in [0.5, 0.6) is 11.5 Å². The number of carbonyl (C=O) groups is 1. The Bertz CT molecular complexity index is 443. The van der Waals surface area contributed by atoms with E-state index in [9.17, 15) is 4.79 Å². The Kier molecular flexibility index (Phi) is 4.33. The van der Waals surface area contributed by atoms with Gasteiger partial charge >= 0.3 is 5.97 Å². The quantitative estimate of drug-likeness (QED) is 0.450. The smallest absolute Gasteiger partial charge is 0.341 e. The number of nitrogens with zero attached hydrogens (tertiary/aromatic N) is 1. The highest BCUT2D eigenvalue weighted by atomic mass is 16.5. The zero-order valence-corrected chi connectivity index (χ0v) is 9.64. The largest absolute Gasteiger partial charge is 0.493 e. The van der Waals surface area contributed by atoms with Crippen LogP contribution in [0, 0.1) is 0 Å².